The van der Waals surface area contributed by atoms with Crippen LogP contribution in [-0.2, 0) is 11.0 Å². The van der Waals surface area contributed by atoms with Crippen LogP contribution in [0.25, 0.3) is 5.70 Å². The second-order valence-electron chi connectivity index (χ2n) is 4.99. The molecule has 0 aromatic heterocycles. The van der Waals surface area contributed by atoms with Crippen molar-refractivity contribution in [1.29, 1.82) is 0 Å². The molecule has 0 saturated carbocycles. The lowest BCUT2D eigenvalue weighted by Crippen LogP contribution is -2.15. The quantitative estimate of drug-likeness (QED) is 0.941. The molecule has 1 unspecified atom stereocenters. The third-order valence-corrected chi connectivity index (χ3v) is 4.29. The number of hydrogen-bond donors (Lipinski definition) is 1. The minimum absolute atomic E-state index is 0.270. The van der Waals surface area contributed by atoms with E-state index in [1.807, 2.05) is 17.0 Å². The highest BCUT2D eigenvalue weighted by atomic mass is 32.2. The first-order valence-electron chi connectivity index (χ1n) is 6.76. The fourth-order valence-electron chi connectivity index (χ4n) is 2.49. The van der Waals surface area contributed by atoms with Crippen LogP contribution in [0, 0.1) is 5.82 Å². The summed E-state index contributed by atoms with van der Waals surface area (Å²) in [7, 11) is -1.49. The molecule has 2 N–H and O–H groups in total. The molecule has 0 fully saturated rings. The van der Waals surface area contributed by atoms with E-state index in [-0.39, 0.29) is 5.82 Å². The molecule has 5 heteroatoms. The maximum absolute atomic E-state index is 13.1. The maximum atomic E-state index is 13.1. The largest absolute Gasteiger partial charge is 0.314 e. The van der Waals surface area contributed by atoms with E-state index >= 15 is 0 Å². The molecule has 112 valence electrons. The zero-order chi connectivity index (χ0) is 15.7. The monoisotopic (exact) mass is 314 g/mol. The smallest absolute Gasteiger partial charge is 0.123 e. The van der Waals surface area contributed by atoms with Crippen molar-refractivity contribution in [3.63, 3.8) is 0 Å². The summed E-state index contributed by atoms with van der Waals surface area (Å²) >= 11 is 0. The van der Waals surface area contributed by atoms with Gasteiger partial charge in [0.15, 0.2) is 0 Å². The molecule has 3 nitrogen and oxygen atoms in total. The van der Waals surface area contributed by atoms with Crippen molar-refractivity contribution in [2.75, 3.05) is 4.90 Å². The standard InChI is InChI=1S/C17H15FN2OS/c1-12-2-11-17(13-3-9-16(10-4-13)22(19)21)20(12)15-7-5-14(18)6-8-15/h3-11H,1-2,19H2. The predicted octanol–water partition coefficient (Wildman–Crippen LogP) is 3.57. The molecule has 0 bridgehead atoms. The van der Waals surface area contributed by atoms with Gasteiger partial charge in [0.1, 0.15) is 16.8 Å². The maximum Gasteiger partial charge on any atom is 0.123 e. The van der Waals surface area contributed by atoms with Gasteiger partial charge in [-0.2, -0.15) is 0 Å². The Labute approximate surface area is 131 Å². The van der Waals surface area contributed by atoms with Gasteiger partial charge in [0.2, 0.25) is 0 Å². The summed E-state index contributed by atoms with van der Waals surface area (Å²) in [6.07, 6.45) is 2.80. The Bertz CT molecular complexity index is 766. The normalized spacial score (nSPS) is 15.8. The molecule has 0 amide bonds. The second kappa shape index (κ2) is 5.87. The van der Waals surface area contributed by atoms with E-state index in [0.717, 1.165) is 29.1 Å². The number of rotatable bonds is 3. The highest BCUT2D eigenvalue weighted by molar-refractivity contribution is 7.82. The molecule has 0 aliphatic carbocycles. The lowest BCUT2D eigenvalue weighted by atomic mass is 10.1. The third-order valence-electron chi connectivity index (χ3n) is 3.56. The number of hydrogen-bond acceptors (Lipinski definition) is 2. The van der Waals surface area contributed by atoms with Crippen LogP contribution in [0.4, 0.5) is 10.1 Å². The second-order valence-corrected chi connectivity index (χ2v) is 6.06. The van der Waals surface area contributed by atoms with Crippen LogP contribution in [0.1, 0.15) is 12.0 Å². The van der Waals surface area contributed by atoms with Crippen LogP contribution in [0.3, 0.4) is 0 Å². The topological polar surface area (TPSA) is 46.3 Å². The van der Waals surface area contributed by atoms with Crippen molar-refractivity contribution in [1.82, 2.24) is 0 Å². The summed E-state index contributed by atoms with van der Waals surface area (Å²) in [5.74, 6) is -0.270. The fraction of sp³-hybridized carbons (Fsp3) is 0.0588. The van der Waals surface area contributed by atoms with Crippen LogP contribution in [0.5, 0.6) is 0 Å². The van der Waals surface area contributed by atoms with Crippen LogP contribution in [-0.4, -0.2) is 4.21 Å². The molecule has 2 aromatic rings. The Kier molecular flexibility index (Phi) is 3.92. The summed E-state index contributed by atoms with van der Waals surface area (Å²) in [6.45, 7) is 4.07. The molecule has 1 aliphatic heterocycles. The predicted molar refractivity (Wildman–Crippen MR) is 87.7 cm³/mol. The zero-order valence-electron chi connectivity index (χ0n) is 11.8. The SMILES string of the molecule is C=C1CC=C(c2ccc(S(N)=O)cc2)N1c1ccc(F)cc1. The Morgan fingerprint density at radius 2 is 1.73 bits per heavy atom. The molecule has 1 atom stereocenters. The molecule has 1 aliphatic rings. The average Bonchev–Trinajstić information content (AvgIpc) is 2.90. The third kappa shape index (κ3) is 2.73. The number of anilines is 1. The van der Waals surface area contributed by atoms with E-state index < -0.39 is 11.0 Å². The van der Waals surface area contributed by atoms with Gasteiger partial charge in [0, 0.05) is 23.5 Å². The van der Waals surface area contributed by atoms with Gasteiger partial charge in [-0.1, -0.05) is 24.8 Å². The molecular weight excluding hydrogens is 299 g/mol. The lowest BCUT2D eigenvalue weighted by Gasteiger charge is -2.24. The molecular formula is C17H15FN2OS. The van der Waals surface area contributed by atoms with E-state index in [1.54, 1.807) is 24.3 Å². The van der Waals surface area contributed by atoms with E-state index in [2.05, 4.69) is 12.7 Å². The molecule has 1 heterocycles. The Hall–Kier alpha value is -2.24. The van der Waals surface area contributed by atoms with Crippen molar-refractivity contribution < 1.29 is 8.60 Å². The fourth-order valence-corrected chi connectivity index (χ4v) is 2.89. The first kappa shape index (κ1) is 14.7. The summed E-state index contributed by atoms with van der Waals surface area (Å²) in [6, 6.07) is 13.6. The van der Waals surface area contributed by atoms with Gasteiger partial charge in [0.05, 0.1) is 4.90 Å². The van der Waals surface area contributed by atoms with Gasteiger partial charge in [-0.3, -0.25) is 0 Å². The van der Waals surface area contributed by atoms with Gasteiger partial charge >= 0.3 is 0 Å². The molecule has 0 spiro atoms. The number of allylic oxidation sites excluding steroid dienone is 1. The van der Waals surface area contributed by atoms with Crippen LogP contribution in [0.15, 0.2) is 71.8 Å². The van der Waals surface area contributed by atoms with Gasteiger partial charge in [-0.15, -0.1) is 0 Å². The van der Waals surface area contributed by atoms with Gasteiger partial charge in [-0.25, -0.2) is 13.7 Å². The first-order chi connectivity index (χ1) is 10.6. The zero-order valence-corrected chi connectivity index (χ0v) is 12.6. The Morgan fingerprint density at radius 1 is 1.09 bits per heavy atom. The molecule has 0 saturated heterocycles. The van der Waals surface area contributed by atoms with Gasteiger partial charge in [0.25, 0.3) is 0 Å². The van der Waals surface area contributed by atoms with Crippen molar-refractivity contribution in [2.45, 2.75) is 11.3 Å². The Morgan fingerprint density at radius 3 is 2.32 bits per heavy atom. The number of benzene rings is 2. The molecule has 22 heavy (non-hydrogen) atoms. The first-order valence-corrected chi connectivity index (χ1v) is 7.98. The Balaban J connectivity index is 1.96. The molecule has 2 aromatic carbocycles. The van der Waals surface area contributed by atoms with E-state index in [4.69, 9.17) is 5.14 Å². The van der Waals surface area contributed by atoms with Crippen molar-refractivity contribution in [3.8, 4) is 0 Å². The van der Waals surface area contributed by atoms with Crippen LogP contribution >= 0.6 is 0 Å². The lowest BCUT2D eigenvalue weighted by molar-refractivity contribution is 0.628. The van der Waals surface area contributed by atoms with E-state index in [9.17, 15) is 8.60 Å². The van der Waals surface area contributed by atoms with Crippen molar-refractivity contribution in [2.24, 2.45) is 5.14 Å². The average molecular weight is 314 g/mol. The molecule has 3 rings (SSSR count). The van der Waals surface area contributed by atoms with Crippen molar-refractivity contribution >= 4 is 22.4 Å². The van der Waals surface area contributed by atoms with Gasteiger partial charge < -0.3 is 4.90 Å². The summed E-state index contributed by atoms with van der Waals surface area (Å²) in [5, 5.41) is 5.37. The van der Waals surface area contributed by atoms with Crippen molar-refractivity contribution in [3.05, 3.63) is 78.3 Å². The highest BCUT2D eigenvalue weighted by Gasteiger charge is 2.22. The summed E-state index contributed by atoms with van der Waals surface area (Å²) < 4.78 is 24.4. The summed E-state index contributed by atoms with van der Waals surface area (Å²) in [5.41, 5.74) is 3.73. The minimum Gasteiger partial charge on any atom is -0.314 e. The highest BCUT2D eigenvalue weighted by Crippen LogP contribution is 2.36. The molecule has 0 radical (unpaired) electrons. The number of halogens is 1. The van der Waals surface area contributed by atoms with Crippen LogP contribution in [0.2, 0.25) is 0 Å². The van der Waals surface area contributed by atoms with E-state index in [0.29, 0.717) is 4.90 Å². The number of nitrogens with two attached hydrogens (primary N) is 1. The van der Waals surface area contributed by atoms with Gasteiger partial charge in [-0.05, 0) is 42.0 Å². The minimum atomic E-state index is -1.49. The summed E-state index contributed by atoms with van der Waals surface area (Å²) in [4.78, 5) is 2.57. The number of nitrogens with zero attached hydrogens (tertiary/aromatic N) is 1. The van der Waals surface area contributed by atoms with E-state index in [1.165, 1.54) is 12.1 Å². The van der Waals surface area contributed by atoms with Crippen LogP contribution < -0.4 is 10.0 Å².